The normalized spacial score (nSPS) is 26.6. The van der Waals surface area contributed by atoms with Crippen LogP contribution in [0, 0.1) is 12.3 Å². The maximum Gasteiger partial charge on any atom is 0.123 e. The Labute approximate surface area is 116 Å². The van der Waals surface area contributed by atoms with Crippen LogP contribution in [0.25, 0.3) is 0 Å². The Balaban J connectivity index is 2.12. The van der Waals surface area contributed by atoms with E-state index in [4.69, 9.17) is 4.74 Å². The minimum Gasteiger partial charge on any atom is -0.496 e. The van der Waals surface area contributed by atoms with Crippen LogP contribution in [0.4, 0.5) is 0 Å². The highest BCUT2D eigenvalue weighted by molar-refractivity contribution is 5.39. The molecule has 2 N–H and O–H groups in total. The van der Waals surface area contributed by atoms with Crippen LogP contribution < -0.4 is 10.1 Å². The molecule has 1 aromatic rings. The minimum atomic E-state index is -0.198. The molecule has 1 aromatic carbocycles. The molecule has 2 rings (SSSR count). The summed E-state index contributed by atoms with van der Waals surface area (Å²) in [6.45, 7) is 8.46. The molecule has 1 saturated carbocycles. The number of aliphatic hydroxyl groups excluding tert-OH is 1. The Kier molecular flexibility index (Phi) is 3.88. The van der Waals surface area contributed by atoms with Crippen LogP contribution in [-0.2, 0) is 0 Å². The molecule has 0 spiro atoms. The number of methoxy groups -OCH3 is 1. The van der Waals surface area contributed by atoms with Gasteiger partial charge in [-0.3, -0.25) is 0 Å². The van der Waals surface area contributed by atoms with E-state index in [9.17, 15) is 5.11 Å². The average molecular weight is 263 g/mol. The first-order valence-electron chi connectivity index (χ1n) is 6.95. The second-order valence-corrected chi connectivity index (χ2v) is 6.26. The lowest BCUT2D eigenvalue weighted by atomic mass is 9.64. The summed E-state index contributed by atoms with van der Waals surface area (Å²) in [6.07, 6.45) is 0.627. The molecule has 3 unspecified atom stereocenters. The van der Waals surface area contributed by atoms with Crippen LogP contribution in [0.3, 0.4) is 0 Å². The number of aryl methyl sites for hydroxylation is 1. The van der Waals surface area contributed by atoms with Crippen molar-refractivity contribution in [2.24, 2.45) is 5.41 Å². The molecule has 3 nitrogen and oxygen atoms in total. The van der Waals surface area contributed by atoms with Gasteiger partial charge in [-0.1, -0.05) is 31.5 Å². The fourth-order valence-corrected chi connectivity index (χ4v) is 2.77. The van der Waals surface area contributed by atoms with Gasteiger partial charge in [-0.05, 0) is 26.3 Å². The van der Waals surface area contributed by atoms with E-state index in [1.54, 1.807) is 7.11 Å². The van der Waals surface area contributed by atoms with Gasteiger partial charge in [0.25, 0.3) is 0 Å². The van der Waals surface area contributed by atoms with Crippen LogP contribution in [0.2, 0.25) is 0 Å². The van der Waals surface area contributed by atoms with Gasteiger partial charge in [-0.25, -0.2) is 0 Å². The van der Waals surface area contributed by atoms with E-state index in [0.717, 1.165) is 12.2 Å². The van der Waals surface area contributed by atoms with E-state index >= 15 is 0 Å². The van der Waals surface area contributed by atoms with E-state index in [2.05, 4.69) is 45.1 Å². The van der Waals surface area contributed by atoms with Crippen molar-refractivity contribution >= 4 is 0 Å². The number of hydrogen-bond donors (Lipinski definition) is 2. The molecule has 3 atom stereocenters. The van der Waals surface area contributed by atoms with Gasteiger partial charge >= 0.3 is 0 Å². The van der Waals surface area contributed by atoms with E-state index in [0.29, 0.717) is 6.04 Å². The molecule has 0 aromatic heterocycles. The van der Waals surface area contributed by atoms with Gasteiger partial charge < -0.3 is 15.2 Å². The lowest BCUT2D eigenvalue weighted by Crippen LogP contribution is -2.60. The van der Waals surface area contributed by atoms with Gasteiger partial charge in [-0.15, -0.1) is 0 Å². The van der Waals surface area contributed by atoms with E-state index in [1.165, 1.54) is 11.1 Å². The van der Waals surface area contributed by atoms with Crippen molar-refractivity contribution in [3.8, 4) is 5.75 Å². The van der Waals surface area contributed by atoms with Gasteiger partial charge in [0, 0.05) is 23.1 Å². The number of aliphatic hydroxyl groups is 1. The number of ether oxygens (including phenoxy) is 1. The Hall–Kier alpha value is -1.06. The van der Waals surface area contributed by atoms with Crippen molar-refractivity contribution in [2.75, 3.05) is 7.11 Å². The summed E-state index contributed by atoms with van der Waals surface area (Å²) in [5.41, 5.74) is 2.36. The lowest BCUT2D eigenvalue weighted by molar-refractivity contribution is -0.0755. The quantitative estimate of drug-likeness (QED) is 0.877. The van der Waals surface area contributed by atoms with Crippen molar-refractivity contribution in [1.29, 1.82) is 0 Å². The predicted octanol–water partition coefficient (Wildman–Crippen LogP) is 2.81. The first-order chi connectivity index (χ1) is 8.86. The summed E-state index contributed by atoms with van der Waals surface area (Å²) < 4.78 is 5.44. The Bertz CT molecular complexity index is 456. The predicted molar refractivity (Wildman–Crippen MR) is 77.5 cm³/mol. The average Bonchev–Trinajstić information content (AvgIpc) is 2.38. The smallest absolute Gasteiger partial charge is 0.123 e. The molecule has 1 aliphatic rings. The summed E-state index contributed by atoms with van der Waals surface area (Å²) in [5.74, 6) is 0.920. The van der Waals surface area contributed by atoms with E-state index in [-0.39, 0.29) is 17.6 Å². The fraction of sp³-hybridized carbons (Fsp3) is 0.625. The summed E-state index contributed by atoms with van der Waals surface area (Å²) >= 11 is 0. The Morgan fingerprint density at radius 1 is 1.42 bits per heavy atom. The zero-order chi connectivity index (χ0) is 14.2. The topological polar surface area (TPSA) is 41.5 Å². The van der Waals surface area contributed by atoms with Crippen molar-refractivity contribution in [3.05, 3.63) is 29.3 Å². The highest BCUT2D eigenvalue weighted by atomic mass is 16.5. The van der Waals surface area contributed by atoms with Gasteiger partial charge in [0.15, 0.2) is 0 Å². The first kappa shape index (κ1) is 14.4. The molecule has 0 aliphatic heterocycles. The molecular formula is C16H25NO2. The van der Waals surface area contributed by atoms with Gasteiger partial charge in [-0.2, -0.15) is 0 Å². The fourth-order valence-electron chi connectivity index (χ4n) is 2.77. The molecule has 1 aliphatic carbocycles. The third-order valence-electron chi connectivity index (χ3n) is 4.52. The monoisotopic (exact) mass is 263 g/mol. The molecule has 1 fully saturated rings. The maximum atomic E-state index is 9.81. The Morgan fingerprint density at radius 2 is 2.11 bits per heavy atom. The molecule has 0 amide bonds. The highest BCUT2D eigenvalue weighted by Gasteiger charge is 2.47. The number of hydrogen-bond acceptors (Lipinski definition) is 3. The summed E-state index contributed by atoms with van der Waals surface area (Å²) in [7, 11) is 1.71. The van der Waals surface area contributed by atoms with Crippen LogP contribution >= 0.6 is 0 Å². The number of benzene rings is 1. The van der Waals surface area contributed by atoms with Crippen LogP contribution in [-0.4, -0.2) is 24.4 Å². The van der Waals surface area contributed by atoms with Crippen LogP contribution in [0.5, 0.6) is 5.75 Å². The molecular weight excluding hydrogens is 238 g/mol. The van der Waals surface area contributed by atoms with Crippen molar-refractivity contribution in [1.82, 2.24) is 5.32 Å². The van der Waals surface area contributed by atoms with Crippen LogP contribution in [0.15, 0.2) is 18.2 Å². The third-order valence-corrected chi connectivity index (χ3v) is 4.52. The molecule has 3 heteroatoms. The number of nitrogens with one attached hydrogen (secondary N) is 1. The lowest BCUT2D eigenvalue weighted by Gasteiger charge is -2.50. The minimum absolute atomic E-state index is 0.0503. The van der Waals surface area contributed by atoms with Gasteiger partial charge in [0.2, 0.25) is 0 Å². The molecule has 106 valence electrons. The summed E-state index contributed by atoms with van der Waals surface area (Å²) in [4.78, 5) is 0. The van der Waals surface area contributed by atoms with Crippen molar-refractivity contribution < 1.29 is 9.84 Å². The zero-order valence-corrected chi connectivity index (χ0v) is 12.5. The van der Waals surface area contributed by atoms with E-state index in [1.807, 2.05) is 6.07 Å². The molecule has 0 bridgehead atoms. The third kappa shape index (κ3) is 2.63. The number of rotatable bonds is 4. The van der Waals surface area contributed by atoms with Crippen LogP contribution in [0.1, 0.15) is 44.4 Å². The SMILES string of the molecule is COc1ccc(C)cc1C(C)NC1CC(O)C1(C)C. The highest BCUT2D eigenvalue weighted by Crippen LogP contribution is 2.42. The zero-order valence-electron chi connectivity index (χ0n) is 12.5. The van der Waals surface area contributed by atoms with Crippen molar-refractivity contribution in [3.63, 3.8) is 0 Å². The molecule has 0 heterocycles. The van der Waals surface area contributed by atoms with E-state index < -0.39 is 0 Å². The molecule has 0 radical (unpaired) electrons. The second kappa shape index (κ2) is 5.14. The summed E-state index contributed by atoms with van der Waals surface area (Å²) in [5, 5.41) is 13.4. The van der Waals surface area contributed by atoms with Crippen molar-refractivity contribution in [2.45, 2.75) is 52.3 Å². The van der Waals surface area contributed by atoms with Gasteiger partial charge in [0.1, 0.15) is 5.75 Å². The maximum absolute atomic E-state index is 9.81. The Morgan fingerprint density at radius 3 is 2.63 bits per heavy atom. The largest absolute Gasteiger partial charge is 0.496 e. The standard InChI is InChI=1S/C16H25NO2/c1-10-6-7-13(19-5)12(8-10)11(2)17-14-9-15(18)16(14,3)4/h6-8,11,14-15,17-18H,9H2,1-5H3. The first-order valence-corrected chi connectivity index (χ1v) is 6.95. The van der Waals surface area contributed by atoms with Gasteiger partial charge in [0.05, 0.1) is 13.2 Å². The second-order valence-electron chi connectivity index (χ2n) is 6.26. The molecule has 19 heavy (non-hydrogen) atoms. The molecule has 0 saturated heterocycles. The summed E-state index contributed by atoms with van der Waals surface area (Å²) in [6, 6.07) is 6.81.